The number of nitrogens with zero attached hydrogens (tertiary/aromatic N) is 3. The van der Waals surface area contributed by atoms with Crippen LogP contribution in [0.3, 0.4) is 0 Å². The van der Waals surface area contributed by atoms with E-state index in [0.29, 0.717) is 6.54 Å². The van der Waals surface area contributed by atoms with Crippen molar-refractivity contribution in [1.82, 2.24) is 14.9 Å². The normalized spacial score (nSPS) is 15.6. The Labute approximate surface area is 205 Å². The van der Waals surface area contributed by atoms with Crippen molar-refractivity contribution in [3.63, 3.8) is 0 Å². The number of hydrogen-bond acceptors (Lipinski definition) is 5. The van der Waals surface area contributed by atoms with Crippen molar-refractivity contribution < 1.29 is 9.53 Å². The first-order valence-corrected chi connectivity index (χ1v) is 11.8. The number of aromatic nitrogens is 2. The number of benzene rings is 3. The number of methoxy groups -OCH3 is 1. The number of anilines is 1. The summed E-state index contributed by atoms with van der Waals surface area (Å²) < 4.78 is 5.30. The number of nitrogens with two attached hydrogens (primary N) is 1. The molecule has 0 aliphatic carbocycles. The number of piperidine rings is 1. The molecule has 4 aromatic rings. The minimum Gasteiger partial charge on any atom is -0.497 e. The van der Waals surface area contributed by atoms with E-state index in [-0.39, 0.29) is 17.8 Å². The molecule has 6 nitrogen and oxygen atoms in total. The van der Waals surface area contributed by atoms with Crippen molar-refractivity contribution in [1.29, 1.82) is 0 Å². The third-order valence-corrected chi connectivity index (χ3v) is 6.58. The maximum absolute atomic E-state index is 13.7. The molecule has 1 aromatic heterocycles. The van der Waals surface area contributed by atoms with E-state index in [1.165, 1.54) is 0 Å². The van der Waals surface area contributed by atoms with Crippen molar-refractivity contribution in [2.75, 3.05) is 25.9 Å². The summed E-state index contributed by atoms with van der Waals surface area (Å²) in [6, 6.07) is 25.7. The molecule has 1 aliphatic heterocycles. The third-order valence-electron chi connectivity index (χ3n) is 6.58. The molecule has 0 saturated carbocycles. The van der Waals surface area contributed by atoms with E-state index in [0.717, 1.165) is 58.6 Å². The quantitative estimate of drug-likeness (QED) is 0.426. The summed E-state index contributed by atoms with van der Waals surface area (Å²) >= 11 is 0. The Morgan fingerprint density at radius 3 is 2.43 bits per heavy atom. The first-order valence-electron chi connectivity index (χ1n) is 11.8. The highest BCUT2D eigenvalue weighted by Crippen LogP contribution is 2.35. The van der Waals surface area contributed by atoms with Crippen LogP contribution in [0.5, 0.6) is 5.75 Å². The average Bonchev–Trinajstić information content (AvgIpc) is 2.93. The Morgan fingerprint density at radius 1 is 0.943 bits per heavy atom. The predicted molar refractivity (Wildman–Crippen MR) is 138 cm³/mol. The van der Waals surface area contributed by atoms with E-state index in [1.807, 2.05) is 83.8 Å². The molecule has 0 radical (unpaired) electrons. The highest BCUT2D eigenvalue weighted by molar-refractivity contribution is 6.01. The lowest BCUT2D eigenvalue weighted by atomic mass is 9.89. The fourth-order valence-electron chi connectivity index (χ4n) is 4.81. The summed E-state index contributed by atoms with van der Waals surface area (Å²) in [4.78, 5) is 24.6. The van der Waals surface area contributed by atoms with Gasteiger partial charge in [-0.15, -0.1) is 0 Å². The van der Waals surface area contributed by atoms with Crippen molar-refractivity contribution in [2.24, 2.45) is 0 Å². The van der Waals surface area contributed by atoms with E-state index in [4.69, 9.17) is 10.5 Å². The fourth-order valence-corrected chi connectivity index (χ4v) is 4.81. The molecule has 1 fully saturated rings. The van der Waals surface area contributed by atoms with Crippen molar-refractivity contribution in [3.8, 4) is 28.0 Å². The molecule has 35 heavy (non-hydrogen) atoms. The number of ether oxygens (including phenoxy) is 1. The van der Waals surface area contributed by atoms with E-state index in [1.54, 1.807) is 13.3 Å². The van der Waals surface area contributed by atoms with Crippen LogP contribution in [0, 0.1) is 0 Å². The van der Waals surface area contributed by atoms with Crippen molar-refractivity contribution in [3.05, 3.63) is 96.3 Å². The van der Waals surface area contributed by atoms with Gasteiger partial charge >= 0.3 is 0 Å². The fraction of sp³-hybridized carbons (Fsp3) is 0.207. The van der Waals surface area contributed by atoms with E-state index in [2.05, 4.69) is 9.97 Å². The maximum atomic E-state index is 13.7. The van der Waals surface area contributed by atoms with Gasteiger partial charge in [0.15, 0.2) is 0 Å². The smallest absolute Gasteiger partial charge is 0.254 e. The standard InChI is InChI=1S/C29H28N4O2/c1-35-23-15-13-21(14-16-23)26-18-31-29(30)32-27(26)22-10-7-17-33(19-22)28(34)25-12-6-5-11-24(25)20-8-3-2-4-9-20/h2-6,8-9,11-16,18,22H,7,10,17,19H2,1H3,(H2,30,31,32)/t22-/m1/s1. The Morgan fingerprint density at radius 2 is 1.66 bits per heavy atom. The maximum Gasteiger partial charge on any atom is 0.254 e. The molecule has 0 spiro atoms. The number of carbonyl (C=O) groups is 1. The van der Waals surface area contributed by atoms with Crippen LogP contribution in [0.2, 0.25) is 0 Å². The zero-order valence-electron chi connectivity index (χ0n) is 19.7. The molecule has 2 heterocycles. The van der Waals surface area contributed by atoms with Gasteiger partial charge in [-0.25, -0.2) is 9.97 Å². The molecule has 6 heteroatoms. The molecule has 3 aromatic carbocycles. The van der Waals surface area contributed by atoms with E-state index in [9.17, 15) is 4.79 Å². The summed E-state index contributed by atoms with van der Waals surface area (Å²) in [5.74, 6) is 1.15. The molecule has 1 aliphatic rings. The van der Waals surface area contributed by atoms with Gasteiger partial charge in [0.05, 0.1) is 12.8 Å². The van der Waals surface area contributed by atoms with Gasteiger partial charge in [-0.2, -0.15) is 0 Å². The monoisotopic (exact) mass is 464 g/mol. The van der Waals surface area contributed by atoms with Crippen LogP contribution in [0.15, 0.2) is 85.1 Å². The lowest BCUT2D eigenvalue weighted by Crippen LogP contribution is -2.39. The molecule has 1 saturated heterocycles. The predicted octanol–water partition coefficient (Wildman–Crippen LogP) is 5.42. The SMILES string of the molecule is COc1ccc(-c2cnc(N)nc2[C@@H]2CCCN(C(=O)c3ccccc3-c3ccccc3)C2)cc1. The van der Waals surface area contributed by atoms with Gasteiger partial charge in [0.1, 0.15) is 5.75 Å². The summed E-state index contributed by atoms with van der Waals surface area (Å²) in [5.41, 5.74) is 11.5. The molecule has 1 amide bonds. The Bertz CT molecular complexity index is 1320. The second-order valence-electron chi connectivity index (χ2n) is 8.76. The van der Waals surface area contributed by atoms with Gasteiger partial charge in [0.2, 0.25) is 5.95 Å². The summed E-state index contributed by atoms with van der Waals surface area (Å²) in [6.45, 7) is 1.30. The molecular weight excluding hydrogens is 436 g/mol. The number of nitrogen functional groups attached to an aromatic ring is 1. The van der Waals surface area contributed by atoms with Crippen LogP contribution in [-0.2, 0) is 0 Å². The van der Waals surface area contributed by atoms with Gasteiger partial charge in [-0.1, -0.05) is 60.7 Å². The van der Waals surface area contributed by atoms with E-state index < -0.39 is 0 Å². The highest BCUT2D eigenvalue weighted by atomic mass is 16.5. The van der Waals surface area contributed by atoms with Crippen molar-refractivity contribution in [2.45, 2.75) is 18.8 Å². The summed E-state index contributed by atoms with van der Waals surface area (Å²) in [6.07, 6.45) is 3.62. The van der Waals surface area contributed by atoms with Crippen LogP contribution in [0.1, 0.15) is 34.8 Å². The van der Waals surface area contributed by atoms with Gasteiger partial charge < -0.3 is 15.4 Å². The van der Waals surface area contributed by atoms with Crippen molar-refractivity contribution >= 4 is 11.9 Å². The van der Waals surface area contributed by atoms with Gasteiger partial charge in [-0.3, -0.25) is 4.79 Å². The number of carbonyl (C=O) groups excluding carboxylic acids is 1. The summed E-state index contributed by atoms with van der Waals surface area (Å²) in [5, 5.41) is 0. The van der Waals surface area contributed by atoms with Crippen LogP contribution in [-0.4, -0.2) is 41.0 Å². The van der Waals surface area contributed by atoms with Crippen LogP contribution >= 0.6 is 0 Å². The second-order valence-corrected chi connectivity index (χ2v) is 8.76. The largest absolute Gasteiger partial charge is 0.497 e. The minimum atomic E-state index is 0.0437. The summed E-state index contributed by atoms with van der Waals surface area (Å²) in [7, 11) is 1.65. The first-order chi connectivity index (χ1) is 17.1. The van der Waals surface area contributed by atoms with Crippen LogP contribution in [0.4, 0.5) is 5.95 Å². The minimum absolute atomic E-state index is 0.0437. The number of amides is 1. The molecule has 5 rings (SSSR count). The molecule has 176 valence electrons. The van der Waals surface area contributed by atoms with Crippen LogP contribution < -0.4 is 10.5 Å². The Kier molecular flexibility index (Phi) is 6.44. The Hall–Kier alpha value is -4.19. The topological polar surface area (TPSA) is 81.3 Å². The molecule has 2 N–H and O–H groups in total. The number of rotatable bonds is 5. The number of hydrogen-bond donors (Lipinski definition) is 1. The molecular formula is C29H28N4O2. The first kappa shape index (κ1) is 22.6. The van der Waals surface area contributed by atoms with Gasteiger partial charge in [-0.05, 0) is 47.7 Å². The zero-order chi connectivity index (χ0) is 24.2. The zero-order valence-corrected chi connectivity index (χ0v) is 19.7. The number of likely N-dealkylation sites (tertiary alicyclic amines) is 1. The highest BCUT2D eigenvalue weighted by Gasteiger charge is 2.29. The Balaban J connectivity index is 1.45. The van der Waals surface area contributed by atoms with E-state index >= 15 is 0 Å². The van der Waals surface area contributed by atoms with Crippen LogP contribution in [0.25, 0.3) is 22.3 Å². The molecule has 0 unspecified atom stereocenters. The van der Waals surface area contributed by atoms with Gasteiger partial charge in [0, 0.05) is 36.3 Å². The third kappa shape index (κ3) is 4.73. The average molecular weight is 465 g/mol. The lowest BCUT2D eigenvalue weighted by Gasteiger charge is -2.33. The second kappa shape index (κ2) is 9.97. The molecule has 0 bridgehead atoms. The molecule has 1 atom stereocenters. The van der Waals surface area contributed by atoms with Gasteiger partial charge in [0.25, 0.3) is 5.91 Å². The lowest BCUT2D eigenvalue weighted by molar-refractivity contribution is 0.0707.